The molecule has 2 aromatic rings. The van der Waals surface area contributed by atoms with Crippen LogP contribution in [0.2, 0.25) is 5.02 Å². The number of hydrogen-bond donors (Lipinski definition) is 1. The normalized spacial score (nSPS) is 23.5. The standard InChI is InChI=1S/C23H25ClN2O4S/c1-25-19(27)13-23(22(25)30,16-5-2-3-6-17(16)24)14-20(28)26-10-8-15(9-11-26)21(29)18-7-4-12-31-18/h2-7,12,15,21,29H,8-11,13-14H2,1H3/t21-,23-/m0/s1. The Morgan fingerprint density at radius 3 is 2.52 bits per heavy atom. The number of amides is 3. The topological polar surface area (TPSA) is 77.9 Å². The van der Waals surface area contributed by atoms with E-state index in [4.69, 9.17) is 11.6 Å². The highest BCUT2D eigenvalue weighted by atomic mass is 35.5. The van der Waals surface area contributed by atoms with Gasteiger partial charge in [-0.05, 0) is 41.8 Å². The molecule has 0 aliphatic carbocycles. The summed E-state index contributed by atoms with van der Waals surface area (Å²) in [4.78, 5) is 42.5. The first-order valence-electron chi connectivity index (χ1n) is 10.4. The lowest BCUT2D eigenvalue weighted by Gasteiger charge is -2.36. The number of hydrogen-bond acceptors (Lipinski definition) is 5. The molecule has 2 saturated heterocycles. The molecule has 2 aliphatic rings. The molecule has 1 aromatic carbocycles. The molecule has 4 rings (SSSR count). The monoisotopic (exact) mass is 460 g/mol. The number of carbonyl (C=O) groups excluding carboxylic acids is 3. The number of carbonyl (C=O) groups is 3. The van der Waals surface area contributed by atoms with Crippen LogP contribution in [0.15, 0.2) is 41.8 Å². The largest absolute Gasteiger partial charge is 0.387 e. The van der Waals surface area contributed by atoms with Crippen molar-refractivity contribution >= 4 is 40.7 Å². The van der Waals surface area contributed by atoms with Crippen LogP contribution < -0.4 is 0 Å². The van der Waals surface area contributed by atoms with E-state index in [0.717, 1.165) is 9.78 Å². The zero-order valence-corrected chi connectivity index (χ0v) is 18.9. The maximum absolute atomic E-state index is 13.2. The zero-order valence-electron chi connectivity index (χ0n) is 17.3. The van der Waals surface area contributed by atoms with Gasteiger partial charge >= 0.3 is 0 Å². The molecular formula is C23H25ClN2O4S. The lowest BCUT2D eigenvalue weighted by Crippen LogP contribution is -2.45. The van der Waals surface area contributed by atoms with Crippen molar-refractivity contribution in [2.24, 2.45) is 5.92 Å². The molecule has 2 atom stereocenters. The van der Waals surface area contributed by atoms with Crippen molar-refractivity contribution in [1.29, 1.82) is 0 Å². The van der Waals surface area contributed by atoms with Crippen LogP contribution in [-0.4, -0.2) is 52.8 Å². The summed E-state index contributed by atoms with van der Waals surface area (Å²) in [6.07, 6.45) is 0.706. The van der Waals surface area contributed by atoms with Crippen LogP contribution in [0.4, 0.5) is 0 Å². The van der Waals surface area contributed by atoms with E-state index >= 15 is 0 Å². The van der Waals surface area contributed by atoms with Crippen LogP contribution in [-0.2, 0) is 19.8 Å². The van der Waals surface area contributed by atoms with Gasteiger partial charge in [-0.25, -0.2) is 0 Å². The molecule has 2 fully saturated rings. The van der Waals surface area contributed by atoms with Gasteiger partial charge in [0.25, 0.3) is 0 Å². The minimum Gasteiger partial charge on any atom is -0.387 e. The smallest absolute Gasteiger partial charge is 0.240 e. The van der Waals surface area contributed by atoms with Gasteiger partial charge in [-0.3, -0.25) is 19.3 Å². The quantitative estimate of drug-likeness (QED) is 0.694. The van der Waals surface area contributed by atoms with E-state index in [0.29, 0.717) is 36.5 Å². The summed E-state index contributed by atoms with van der Waals surface area (Å²) < 4.78 is 0. The first-order chi connectivity index (χ1) is 14.8. The average Bonchev–Trinajstić information content (AvgIpc) is 3.38. The Morgan fingerprint density at radius 2 is 1.94 bits per heavy atom. The van der Waals surface area contributed by atoms with Gasteiger partial charge in [-0.15, -0.1) is 11.3 Å². The van der Waals surface area contributed by atoms with Crippen LogP contribution in [0.3, 0.4) is 0 Å². The third-order valence-corrected chi connectivity index (χ3v) is 7.83. The van der Waals surface area contributed by atoms with Crippen LogP contribution in [0.25, 0.3) is 0 Å². The highest BCUT2D eigenvalue weighted by Crippen LogP contribution is 2.43. The molecule has 31 heavy (non-hydrogen) atoms. The first kappa shape index (κ1) is 22.0. The Morgan fingerprint density at radius 1 is 1.23 bits per heavy atom. The van der Waals surface area contributed by atoms with E-state index in [1.165, 1.54) is 18.4 Å². The van der Waals surface area contributed by atoms with E-state index in [-0.39, 0.29) is 36.5 Å². The highest BCUT2D eigenvalue weighted by Gasteiger charge is 2.53. The Labute approximate surface area is 190 Å². The molecule has 0 bridgehead atoms. The number of likely N-dealkylation sites (N-methyl/N-ethyl adjacent to an activating group) is 1. The van der Waals surface area contributed by atoms with Crippen molar-refractivity contribution in [2.45, 2.75) is 37.2 Å². The third kappa shape index (κ3) is 4.02. The number of likely N-dealkylation sites (tertiary alicyclic amines) is 2. The molecule has 3 heterocycles. The second-order valence-electron chi connectivity index (χ2n) is 8.35. The Bertz CT molecular complexity index is 987. The second-order valence-corrected chi connectivity index (χ2v) is 9.74. The third-order valence-electron chi connectivity index (χ3n) is 6.56. The summed E-state index contributed by atoms with van der Waals surface area (Å²) in [5.74, 6) is -0.765. The van der Waals surface area contributed by atoms with E-state index in [2.05, 4.69) is 0 Å². The second kappa shape index (κ2) is 8.73. The van der Waals surface area contributed by atoms with Gasteiger partial charge in [0.2, 0.25) is 17.7 Å². The number of imide groups is 1. The number of piperidine rings is 1. The summed E-state index contributed by atoms with van der Waals surface area (Å²) >= 11 is 7.93. The summed E-state index contributed by atoms with van der Waals surface area (Å²) in [5, 5.41) is 12.9. The van der Waals surface area contributed by atoms with Crippen LogP contribution in [0.5, 0.6) is 0 Å². The molecule has 0 saturated carbocycles. The molecule has 0 unspecified atom stereocenters. The summed E-state index contributed by atoms with van der Waals surface area (Å²) in [6.45, 7) is 1.03. The zero-order chi connectivity index (χ0) is 22.2. The fraction of sp³-hybridized carbons (Fsp3) is 0.435. The number of thiophene rings is 1. The van der Waals surface area contributed by atoms with Gasteiger partial charge < -0.3 is 10.0 Å². The molecular weight excluding hydrogens is 436 g/mol. The maximum atomic E-state index is 13.2. The van der Waals surface area contributed by atoms with Crippen LogP contribution in [0, 0.1) is 5.92 Å². The number of halogens is 1. The van der Waals surface area contributed by atoms with E-state index < -0.39 is 11.5 Å². The van der Waals surface area contributed by atoms with Gasteiger partial charge in [-0.2, -0.15) is 0 Å². The number of benzene rings is 1. The van der Waals surface area contributed by atoms with Gasteiger partial charge in [-0.1, -0.05) is 35.9 Å². The lowest BCUT2D eigenvalue weighted by molar-refractivity contribution is -0.142. The first-order valence-corrected chi connectivity index (χ1v) is 11.6. The lowest BCUT2D eigenvalue weighted by atomic mass is 9.75. The number of aliphatic hydroxyl groups excluding tert-OH is 1. The Hall–Kier alpha value is -2.22. The summed E-state index contributed by atoms with van der Waals surface area (Å²) in [7, 11) is 1.45. The van der Waals surface area contributed by atoms with Gasteiger partial charge in [0.15, 0.2) is 0 Å². The molecule has 164 valence electrons. The highest BCUT2D eigenvalue weighted by molar-refractivity contribution is 7.10. The van der Waals surface area contributed by atoms with Gasteiger partial charge in [0.1, 0.15) is 0 Å². The minimum absolute atomic E-state index is 0.0641. The van der Waals surface area contributed by atoms with Crippen molar-refractivity contribution < 1.29 is 19.5 Å². The molecule has 3 amide bonds. The fourth-order valence-corrected chi connectivity index (χ4v) is 5.83. The number of rotatable bonds is 5. The van der Waals surface area contributed by atoms with Gasteiger partial charge in [0.05, 0.1) is 11.5 Å². The van der Waals surface area contributed by atoms with Crippen molar-refractivity contribution in [3.8, 4) is 0 Å². The minimum atomic E-state index is -1.27. The molecule has 8 heteroatoms. The van der Waals surface area contributed by atoms with E-state index in [1.807, 2.05) is 17.5 Å². The molecule has 0 spiro atoms. The van der Waals surface area contributed by atoms with Crippen molar-refractivity contribution in [3.05, 3.63) is 57.2 Å². The van der Waals surface area contributed by atoms with Crippen molar-refractivity contribution in [2.75, 3.05) is 20.1 Å². The Kier molecular flexibility index (Phi) is 6.19. The van der Waals surface area contributed by atoms with Crippen molar-refractivity contribution in [3.63, 3.8) is 0 Å². The predicted molar refractivity (Wildman–Crippen MR) is 119 cm³/mol. The van der Waals surface area contributed by atoms with Crippen molar-refractivity contribution in [1.82, 2.24) is 9.80 Å². The molecule has 2 aliphatic heterocycles. The Balaban J connectivity index is 1.50. The summed E-state index contributed by atoms with van der Waals surface area (Å²) in [5.41, 5.74) is -0.745. The molecule has 6 nitrogen and oxygen atoms in total. The summed E-state index contributed by atoms with van der Waals surface area (Å²) in [6, 6.07) is 10.8. The molecule has 0 radical (unpaired) electrons. The van der Waals surface area contributed by atoms with Crippen LogP contribution >= 0.6 is 22.9 Å². The van der Waals surface area contributed by atoms with E-state index in [9.17, 15) is 19.5 Å². The predicted octanol–water partition coefficient (Wildman–Crippen LogP) is 3.39. The SMILES string of the molecule is CN1C(=O)C[C@](CC(=O)N2CCC([C@H](O)c3cccs3)CC2)(c2ccccc2Cl)C1=O. The van der Waals surface area contributed by atoms with Crippen LogP contribution in [0.1, 0.15) is 42.2 Å². The average molecular weight is 461 g/mol. The molecule has 1 aromatic heterocycles. The van der Waals surface area contributed by atoms with Gasteiger partial charge in [0, 0.05) is 42.9 Å². The van der Waals surface area contributed by atoms with E-state index in [1.54, 1.807) is 29.2 Å². The number of nitrogens with zero attached hydrogens (tertiary/aromatic N) is 2. The fourth-order valence-electron chi connectivity index (χ4n) is 4.71. The number of aliphatic hydroxyl groups is 1. The molecule has 1 N–H and O–H groups in total. The maximum Gasteiger partial charge on any atom is 0.240 e.